The lowest BCUT2D eigenvalue weighted by Gasteiger charge is -2.11. The summed E-state index contributed by atoms with van der Waals surface area (Å²) in [6.07, 6.45) is 1.26. The van der Waals surface area contributed by atoms with Crippen molar-refractivity contribution >= 4 is 21.0 Å². The van der Waals surface area contributed by atoms with Crippen LogP contribution in [0.2, 0.25) is 0 Å². The summed E-state index contributed by atoms with van der Waals surface area (Å²) >= 11 is 0. The maximum absolute atomic E-state index is 11.4. The SMILES string of the molecule is Cc1cc2c(c3ccc(=O)[nH]c13)OC(COS(C)(=O)=O)C2. The Labute approximate surface area is 121 Å². The van der Waals surface area contributed by atoms with Gasteiger partial charge < -0.3 is 9.72 Å². The first kappa shape index (κ1) is 14.1. The number of ether oxygens (including phenoxy) is 1. The molecule has 1 atom stereocenters. The summed E-state index contributed by atoms with van der Waals surface area (Å²) in [4.78, 5) is 14.2. The average Bonchev–Trinajstić information content (AvgIpc) is 2.79. The third-order valence-corrected chi connectivity index (χ3v) is 4.00. The van der Waals surface area contributed by atoms with Gasteiger partial charge in [0, 0.05) is 17.9 Å². The summed E-state index contributed by atoms with van der Waals surface area (Å²) in [5, 5.41) is 0.825. The molecule has 0 spiro atoms. The van der Waals surface area contributed by atoms with Gasteiger partial charge in [0.05, 0.1) is 11.8 Å². The number of H-pyrrole nitrogens is 1. The molecule has 1 aliphatic heterocycles. The minimum Gasteiger partial charge on any atom is -0.487 e. The number of aromatic amines is 1. The number of benzene rings is 1. The topological polar surface area (TPSA) is 85.5 Å². The monoisotopic (exact) mass is 309 g/mol. The molecule has 3 rings (SSSR count). The molecule has 0 fully saturated rings. The van der Waals surface area contributed by atoms with Crippen LogP contribution in [-0.4, -0.2) is 32.4 Å². The lowest BCUT2D eigenvalue weighted by atomic mass is 10.0. The second-order valence-corrected chi connectivity index (χ2v) is 6.87. The molecule has 21 heavy (non-hydrogen) atoms. The highest BCUT2D eigenvalue weighted by molar-refractivity contribution is 7.85. The van der Waals surface area contributed by atoms with Gasteiger partial charge in [-0.3, -0.25) is 8.98 Å². The van der Waals surface area contributed by atoms with Gasteiger partial charge in [-0.15, -0.1) is 0 Å². The quantitative estimate of drug-likeness (QED) is 0.859. The highest BCUT2D eigenvalue weighted by Gasteiger charge is 2.27. The number of hydrogen-bond acceptors (Lipinski definition) is 5. The fourth-order valence-electron chi connectivity index (χ4n) is 2.58. The molecule has 2 aromatic rings. The van der Waals surface area contributed by atoms with E-state index < -0.39 is 10.1 Å². The van der Waals surface area contributed by atoms with Gasteiger partial charge in [0.15, 0.2) is 0 Å². The number of aryl methyl sites for hydroxylation is 1. The predicted octanol–water partition coefficient (Wildman–Crippen LogP) is 1.12. The molecule has 1 N–H and O–H groups in total. The summed E-state index contributed by atoms with van der Waals surface area (Å²) in [6.45, 7) is 1.90. The number of rotatable bonds is 3. The molecular weight excluding hydrogens is 294 g/mol. The minimum absolute atomic E-state index is 0.0165. The number of nitrogens with one attached hydrogen (secondary N) is 1. The molecule has 2 heterocycles. The van der Waals surface area contributed by atoms with Crippen LogP contribution in [0.15, 0.2) is 23.0 Å². The molecule has 112 valence electrons. The van der Waals surface area contributed by atoms with Gasteiger partial charge in [-0.25, -0.2) is 0 Å². The van der Waals surface area contributed by atoms with Crippen molar-refractivity contribution in [2.75, 3.05) is 12.9 Å². The predicted molar refractivity (Wildman–Crippen MR) is 78.2 cm³/mol. The first-order chi connectivity index (χ1) is 9.83. The van der Waals surface area contributed by atoms with E-state index in [-0.39, 0.29) is 18.3 Å². The number of hydrogen-bond donors (Lipinski definition) is 1. The number of aromatic nitrogens is 1. The molecule has 6 nitrogen and oxygen atoms in total. The zero-order valence-corrected chi connectivity index (χ0v) is 12.5. The smallest absolute Gasteiger partial charge is 0.264 e. The van der Waals surface area contributed by atoms with Crippen LogP contribution in [0.25, 0.3) is 10.9 Å². The Balaban J connectivity index is 1.96. The van der Waals surface area contributed by atoms with Crippen molar-refractivity contribution in [3.63, 3.8) is 0 Å². The summed E-state index contributed by atoms with van der Waals surface area (Å²) in [6, 6.07) is 5.12. The van der Waals surface area contributed by atoms with Crippen molar-refractivity contribution in [1.82, 2.24) is 4.98 Å². The lowest BCUT2D eigenvalue weighted by molar-refractivity contribution is 0.154. The van der Waals surface area contributed by atoms with E-state index in [0.717, 1.165) is 28.3 Å². The van der Waals surface area contributed by atoms with Crippen molar-refractivity contribution in [2.24, 2.45) is 0 Å². The molecule has 0 aliphatic carbocycles. The molecule has 7 heteroatoms. The van der Waals surface area contributed by atoms with E-state index in [1.54, 1.807) is 6.07 Å². The molecule has 0 saturated heterocycles. The zero-order valence-electron chi connectivity index (χ0n) is 11.7. The molecule has 0 radical (unpaired) electrons. The summed E-state index contributed by atoms with van der Waals surface area (Å²) in [5.41, 5.74) is 2.52. The van der Waals surface area contributed by atoms with Gasteiger partial charge in [-0.05, 0) is 24.1 Å². The van der Waals surface area contributed by atoms with Crippen molar-refractivity contribution in [2.45, 2.75) is 19.4 Å². The number of fused-ring (bicyclic) bond motifs is 3. The van der Waals surface area contributed by atoms with E-state index in [9.17, 15) is 13.2 Å². The fraction of sp³-hybridized carbons (Fsp3) is 0.357. The Morgan fingerprint density at radius 2 is 2.19 bits per heavy atom. The van der Waals surface area contributed by atoms with Gasteiger partial charge in [0.25, 0.3) is 10.1 Å². The van der Waals surface area contributed by atoms with Crippen LogP contribution in [0.5, 0.6) is 5.75 Å². The van der Waals surface area contributed by atoms with Crippen LogP contribution in [0.4, 0.5) is 0 Å². The van der Waals surface area contributed by atoms with Gasteiger partial charge >= 0.3 is 0 Å². The second kappa shape index (κ2) is 4.85. The molecule has 1 aliphatic rings. The Morgan fingerprint density at radius 3 is 2.90 bits per heavy atom. The van der Waals surface area contributed by atoms with E-state index in [1.165, 1.54) is 6.07 Å². The van der Waals surface area contributed by atoms with Crippen molar-refractivity contribution in [1.29, 1.82) is 0 Å². The van der Waals surface area contributed by atoms with Crippen LogP contribution >= 0.6 is 0 Å². The highest BCUT2D eigenvalue weighted by atomic mass is 32.2. The molecule has 0 bridgehead atoms. The standard InChI is InChI=1S/C14H15NO5S/c1-8-5-9-6-10(7-19-21(2,17)18)20-14(9)11-3-4-12(16)15-13(8)11/h3-5,10H,6-7H2,1-2H3,(H,15,16). The van der Waals surface area contributed by atoms with E-state index in [0.29, 0.717) is 12.2 Å². The third-order valence-electron chi connectivity index (χ3n) is 3.44. The van der Waals surface area contributed by atoms with E-state index >= 15 is 0 Å². The largest absolute Gasteiger partial charge is 0.487 e. The maximum atomic E-state index is 11.4. The Hall–Kier alpha value is -1.86. The van der Waals surface area contributed by atoms with Gasteiger partial charge in [-0.1, -0.05) is 6.07 Å². The lowest BCUT2D eigenvalue weighted by Crippen LogP contribution is -2.22. The average molecular weight is 309 g/mol. The first-order valence-corrected chi connectivity index (χ1v) is 8.32. The maximum Gasteiger partial charge on any atom is 0.264 e. The van der Waals surface area contributed by atoms with Crippen LogP contribution in [0.1, 0.15) is 11.1 Å². The van der Waals surface area contributed by atoms with Crippen molar-refractivity contribution in [3.05, 3.63) is 39.7 Å². The second-order valence-electron chi connectivity index (χ2n) is 5.23. The van der Waals surface area contributed by atoms with Crippen LogP contribution < -0.4 is 10.3 Å². The van der Waals surface area contributed by atoms with Crippen LogP contribution in [-0.2, 0) is 20.7 Å². The van der Waals surface area contributed by atoms with E-state index in [2.05, 4.69) is 4.98 Å². The van der Waals surface area contributed by atoms with Gasteiger partial charge in [0.2, 0.25) is 5.56 Å². The van der Waals surface area contributed by atoms with Crippen molar-refractivity contribution in [3.8, 4) is 5.75 Å². The summed E-state index contributed by atoms with van der Waals surface area (Å²) in [5.74, 6) is 0.689. The minimum atomic E-state index is -3.48. The molecule has 1 unspecified atom stereocenters. The van der Waals surface area contributed by atoms with Gasteiger partial charge in [-0.2, -0.15) is 8.42 Å². The van der Waals surface area contributed by atoms with E-state index in [1.807, 2.05) is 13.0 Å². The van der Waals surface area contributed by atoms with E-state index in [4.69, 9.17) is 8.92 Å². The molecule has 0 saturated carbocycles. The zero-order chi connectivity index (χ0) is 15.2. The molecule has 0 amide bonds. The Kier molecular flexibility index (Phi) is 3.26. The Bertz CT molecular complexity index is 869. The van der Waals surface area contributed by atoms with Crippen molar-refractivity contribution < 1.29 is 17.3 Å². The summed E-state index contributed by atoms with van der Waals surface area (Å²) < 4.78 is 32.7. The number of pyridine rings is 1. The third kappa shape index (κ3) is 2.79. The molecule has 1 aromatic carbocycles. The summed E-state index contributed by atoms with van der Waals surface area (Å²) in [7, 11) is -3.48. The van der Waals surface area contributed by atoms with Crippen LogP contribution in [0, 0.1) is 6.92 Å². The van der Waals surface area contributed by atoms with Crippen LogP contribution in [0.3, 0.4) is 0 Å². The highest BCUT2D eigenvalue weighted by Crippen LogP contribution is 2.37. The first-order valence-electron chi connectivity index (χ1n) is 6.50. The Morgan fingerprint density at radius 1 is 1.43 bits per heavy atom. The molecular formula is C14H15NO5S. The normalized spacial score (nSPS) is 17.7. The molecule has 1 aromatic heterocycles. The van der Waals surface area contributed by atoms with Gasteiger partial charge in [0.1, 0.15) is 18.5 Å². The fourth-order valence-corrected chi connectivity index (χ4v) is 2.98.